The molecule has 0 spiro atoms. The van der Waals surface area contributed by atoms with Crippen LogP contribution in [-0.4, -0.2) is 39.5 Å². The highest BCUT2D eigenvalue weighted by molar-refractivity contribution is 14.0. The van der Waals surface area contributed by atoms with Gasteiger partial charge in [0, 0.05) is 19.3 Å². The summed E-state index contributed by atoms with van der Waals surface area (Å²) in [6.07, 6.45) is 1.83. The molecule has 0 aliphatic rings. The molecule has 0 radical (unpaired) electrons. The Bertz CT molecular complexity index is 574. The van der Waals surface area contributed by atoms with Gasteiger partial charge in [-0.15, -0.1) is 24.0 Å². The van der Waals surface area contributed by atoms with Gasteiger partial charge in [0.15, 0.2) is 5.96 Å². The van der Waals surface area contributed by atoms with Crippen LogP contribution in [0, 0.1) is 6.92 Å². The summed E-state index contributed by atoms with van der Waals surface area (Å²) in [5.74, 6) is 0.909. The minimum atomic E-state index is -2.90. The van der Waals surface area contributed by atoms with E-state index >= 15 is 0 Å². The average Bonchev–Trinajstić information content (AvgIpc) is 2.41. The SMILES string of the molecule is CCNC(=NCc1ccccc1C)NCCCS(C)(=O)=O.I. The van der Waals surface area contributed by atoms with E-state index in [0.29, 0.717) is 25.5 Å². The maximum absolute atomic E-state index is 11.1. The van der Waals surface area contributed by atoms with E-state index in [-0.39, 0.29) is 29.7 Å². The Hall–Kier alpha value is -0.830. The topological polar surface area (TPSA) is 70.6 Å². The molecule has 1 aromatic carbocycles. The third kappa shape index (κ3) is 9.24. The molecule has 5 nitrogen and oxygen atoms in total. The number of guanidine groups is 1. The number of hydrogen-bond donors (Lipinski definition) is 2. The van der Waals surface area contributed by atoms with E-state index < -0.39 is 9.84 Å². The van der Waals surface area contributed by atoms with E-state index in [2.05, 4.69) is 34.7 Å². The lowest BCUT2D eigenvalue weighted by molar-refractivity contribution is 0.598. The summed E-state index contributed by atoms with van der Waals surface area (Å²) in [5, 5.41) is 6.32. The summed E-state index contributed by atoms with van der Waals surface area (Å²) >= 11 is 0. The van der Waals surface area contributed by atoms with Gasteiger partial charge in [0.25, 0.3) is 0 Å². The Morgan fingerprint density at radius 2 is 1.91 bits per heavy atom. The van der Waals surface area contributed by atoms with Crippen molar-refractivity contribution in [2.45, 2.75) is 26.8 Å². The molecule has 1 aromatic rings. The summed E-state index contributed by atoms with van der Waals surface area (Å²) < 4.78 is 22.2. The molecule has 0 aliphatic carbocycles. The normalized spacial score (nSPS) is 11.7. The van der Waals surface area contributed by atoms with Gasteiger partial charge in [-0.1, -0.05) is 24.3 Å². The molecule has 0 saturated heterocycles. The van der Waals surface area contributed by atoms with Crippen LogP contribution in [0.4, 0.5) is 0 Å². The summed E-state index contributed by atoms with van der Waals surface area (Å²) in [5.41, 5.74) is 2.40. The van der Waals surface area contributed by atoms with Crippen LogP contribution in [0.3, 0.4) is 0 Å². The van der Waals surface area contributed by atoms with Crippen molar-refractivity contribution >= 4 is 39.8 Å². The fourth-order valence-corrected chi connectivity index (χ4v) is 2.50. The van der Waals surface area contributed by atoms with Crippen LogP contribution in [0.2, 0.25) is 0 Å². The second-order valence-corrected chi connectivity index (χ2v) is 7.29. The predicted molar refractivity (Wildman–Crippen MR) is 104 cm³/mol. The van der Waals surface area contributed by atoms with Crippen LogP contribution >= 0.6 is 24.0 Å². The Morgan fingerprint density at radius 3 is 2.50 bits per heavy atom. The Labute approximate surface area is 150 Å². The first-order chi connectivity index (χ1) is 9.92. The molecule has 2 N–H and O–H groups in total. The Kier molecular flexibility index (Phi) is 10.4. The first-order valence-corrected chi connectivity index (χ1v) is 9.23. The molecule has 0 fully saturated rings. The summed E-state index contributed by atoms with van der Waals surface area (Å²) in [6.45, 7) is 6.03. The number of nitrogens with one attached hydrogen (secondary N) is 2. The van der Waals surface area contributed by atoms with Crippen molar-refractivity contribution in [3.8, 4) is 0 Å². The van der Waals surface area contributed by atoms with E-state index in [9.17, 15) is 8.42 Å². The van der Waals surface area contributed by atoms with Crippen LogP contribution in [-0.2, 0) is 16.4 Å². The lowest BCUT2D eigenvalue weighted by atomic mass is 10.1. The molecular formula is C15H26IN3O2S. The largest absolute Gasteiger partial charge is 0.357 e. The zero-order valence-corrected chi connectivity index (χ0v) is 16.6. The molecule has 1 rings (SSSR count). The van der Waals surface area contributed by atoms with Crippen LogP contribution in [0.5, 0.6) is 0 Å². The number of halogens is 1. The molecule has 0 aromatic heterocycles. The summed E-state index contributed by atoms with van der Waals surface area (Å²) in [6, 6.07) is 8.14. The summed E-state index contributed by atoms with van der Waals surface area (Å²) in [4.78, 5) is 4.52. The lowest BCUT2D eigenvalue weighted by Gasteiger charge is -2.11. The molecule has 22 heavy (non-hydrogen) atoms. The smallest absolute Gasteiger partial charge is 0.191 e. The minimum Gasteiger partial charge on any atom is -0.357 e. The standard InChI is InChI=1S/C15H25N3O2S.HI/c1-4-16-15(17-10-7-11-21(3,19)20)18-12-14-9-6-5-8-13(14)2;/h5-6,8-9H,4,7,10-12H2,1-3H3,(H2,16,17,18);1H. The van der Waals surface area contributed by atoms with Crippen molar-refractivity contribution in [3.05, 3.63) is 35.4 Å². The number of sulfone groups is 1. The monoisotopic (exact) mass is 439 g/mol. The van der Waals surface area contributed by atoms with Crippen molar-refractivity contribution in [1.82, 2.24) is 10.6 Å². The van der Waals surface area contributed by atoms with Crippen molar-refractivity contribution in [1.29, 1.82) is 0 Å². The number of nitrogens with zero attached hydrogens (tertiary/aromatic N) is 1. The first kappa shape index (κ1) is 21.2. The number of rotatable bonds is 7. The number of aliphatic imine (C=N–C) groups is 1. The molecule has 0 atom stereocenters. The molecule has 7 heteroatoms. The molecule has 0 amide bonds. The Morgan fingerprint density at radius 1 is 1.23 bits per heavy atom. The third-order valence-corrected chi connectivity index (χ3v) is 4.03. The van der Waals surface area contributed by atoms with Gasteiger partial charge in [-0.05, 0) is 31.4 Å². The fraction of sp³-hybridized carbons (Fsp3) is 0.533. The molecular weight excluding hydrogens is 413 g/mol. The van der Waals surface area contributed by atoms with Gasteiger partial charge >= 0.3 is 0 Å². The maximum Gasteiger partial charge on any atom is 0.191 e. The second kappa shape index (κ2) is 10.8. The zero-order valence-electron chi connectivity index (χ0n) is 13.4. The fourth-order valence-electron chi connectivity index (χ4n) is 1.83. The first-order valence-electron chi connectivity index (χ1n) is 7.17. The van der Waals surface area contributed by atoms with Gasteiger partial charge in [0.2, 0.25) is 0 Å². The quantitative estimate of drug-likeness (QED) is 0.296. The number of hydrogen-bond acceptors (Lipinski definition) is 3. The van der Waals surface area contributed by atoms with Gasteiger partial charge in [0.05, 0.1) is 12.3 Å². The zero-order chi connectivity index (χ0) is 15.7. The highest BCUT2D eigenvalue weighted by Crippen LogP contribution is 2.07. The third-order valence-electron chi connectivity index (χ3n) is 3.00. The minimum absolute atomic E-state index is 0. The molecule has 0 saturated carbocycles. The van der Waals surface area contributed by atoms with Gasteiger partial charge in [0.1, 0.15) is 9.84 Å². The van der Waals surface area contributed by atoms with Crippen molar-refractivity contribution in [3.63, 3.8) is 0 Å². The molecule has 0 bridgehead atoms. The number of benzene rings is 1. The molecule has 0 aliphatic heterocycles. The van der Waals surface area contributed by atoms with Gasteiger partial charge in [-0.2, -0.15) is 0 Å². The predicted octanol–water partition coefficient (Wildman–Crippen LogP) is 2.10. The lowest BCUT2D eigenvalue weighted by Crippen LogP contribution is -2.38. The average molecular weight is 439 g/mol. The van der Waals surface area contributed by atoms with E-state index in [1.54, 1.807) is 0 Å². The highest BCUT2D eigenvalue weighted by atomic mass is 127. The highest BCUT2D eigenvalue weighted by Gasteiger charge is 2.03. The van der Waals surface area contributed by atoms with E-state index in [0.717, 1.165) is 6.54 Å². The van der Waals surface area contributed by atoms with Crippen LogP contribution in [0.25, 0.3) is 0 Å². The molecule has 0 unspecified atom stereocenters. The van der Waals surface area contributed by atoms with Crippen LogP contribution < -0.4 is 10.6 Å². The van der Waals surface area contributed by atoms with Gasteiger partial charge < -0.3 is 10.6 Å². The number of aryl methyl sites for hydroxylation is 1. The van der Waals surface area contributed by atoms with Crippen LogP contribution in [0.15, 0.2) is 29.3 Å². The van der Waals surface area contributed by atoms with E-state index in [1.807, 2.05) is 19.1 Å². The van der Waals surface area contributed by atoms with Gasteiger partial charge in [-0.3, -0.25) is 0 Å². The van der Waals surface area contributed by atoms with Crippen molar-refractivity contribution in [2.75, 3.05) is 25.1 Å². The summed E-state index contributed by atoms with van der Waals surface area (Å²) in [7, 11) is -2.90. The van der Waals surface area contributed by atoms with Crippen LogP contribution in [0.1, 0.15) is 24.5 Å². The second-order valence-electron chi connectivity index (χ2n) is 5.03. The van der Waals surface area contributed by atoms with Gasteiger partial charge in [-0.25, -0.2) is 13.4 Å². The van der Waals surface area contributed by atoms with E-state index in [1.165, 1.54) is 17.4 Å². The Balaban J connectivity index is 0.00000441. The van der Waals surface area contributed by atoms with Crippen molar-refractivity contribution in [2.24, 2.45) is 4.99 Å². The molecule has 126 valence electrons. The van der Waals surface area contributed by atoms with E-state index in [4.69, 9.17) is 0 Å². The van der Waals surface area contributed by atoms with Crippen molar-refractivity contribution < 1.29 is 8.42 Å². The maximum atomic E-state index is 11.1. The molecule has 0 heterocycles.